The molecule has 1 fully saturated rings. The SMILES string of the molecule is CCC[C@@H]1[C@@H](c2ccccc2)N[C@@H](c2ccccc2)C[C@@]1(O)c1ccc(F)cc1. The van der Waals surface area contributed by atoms with Crippen molar-refractivity contribution in [2.75, 3.05) is 0 Å². The van der Waals surface area contributed by atoms with Gasteiger partial charge in [-0.3, -0.25) is 0 Å². The molecule has 1 heterocycles. The van der Waals surface area contributed by atoms with Crippen molar-refractivity contribution in [3.05, 3.63) is 107 Å². The highest BCUT2D eigenvalue weighted by molar-refractivity contribution is 5.32. The van der Waals surface area contributed by atoms with Gasteiger partial charge in [-0.1, -0.05) is 86.1 Å². The Morgan fingerprint density at radius 2 is 1.48 bits per heavy atom. The van der Waals surface area contributed by atoms with Gasteiger partial charge in [0.2, 0.25) is 0 Å². The lowest BCUT2D eigenvalue weighted by Crippen LogP contribution is -2.51. The fraction of sp³-hybridized carbons (Fsp3) is 0.308. The lowest BCUT2D eigenvalue weighted by atomic mass is 9.66. The molecule has 0 saturated carbocycles. The van der Waals surface area contributed by atoms with Crippen molar-refractivity contribution >= 4 is 0 Å². The summed E-state index contributed by atoms with van der Waals surface area (Å²) in [5.41, 5.74) is 2.08. The zero-order valence-corrected chi connectivity index (χ0v) is 16.8. The van der Waals surface area contributed by atoms with Gasteiger partial charge in [-0.25, -0.2) is 4.39 Å². The van der Waals surface area contributed by atoms with E-state index in [1.54, 1.807) is 12.1 Å². The van der Waals surface area contributed by atoms with E-state index >= 15 is 0 Å². The quantitative estimate of drug-likeness (QED) is 0.569. The van der Waals surface area contributed by atoms with Crippen molar-refractivity contribution < 1.29 is 9.50 Å². The second kappa shape index (κ2) is 8.48. The number of aliphatic hydroxyl groups is 1. The second-order valence-corrected chi connectivity index (χ2v) is 8.05. The number of nitrogens with one attached hydrogen (secondary N) is 1. The molecule has 2 N–H and O–H groups in total. The van der Waals surface area contributed by atoms with Gasteiger partial charge in [-0.2, -0.15) is 0 Å². The standard InChI is InChI=1S/C26H28FNO/c1-2-9-23-25(20-12-7-4-8-13-20)28-24(19-10-5-3-6-11-19)18-26(23,29)21-14-16-22(27)17-15-21/h3-8,10-17,23-25,28-29H,2,9,18H2,1H3/t23-,24-,25-,26-/m1/s1. The molecular formula is C26H28FNO. The third-order valence-corrected chi connectivity index (χ3v) is 6.22. The first-order valence-corrected chi connectivity index (χ1v) is 10.5. The predicted molar refractivity (Wildman–Crippen MR) is 115 cm³/mol. The van der Waals surface area contributed by atoms with Crippen LogP contribution in [0.3, 0.4) is 0 Å². The summed E-state index contributed by atoms with van der Waals surface area (Å²) in [5, 5.41) is 15.9. The highest BCUT2D eigenvalue weighted by Crippen LogP contribution is 2.50. The maximum Gasteiger partial charge on any atom is 0.123 e. The van der Waals surface area contributed by atoms with Crippen LogP contribution in [0.4, 0.5) is 4.39 Å². The topological polar surface area (TPSA) is 32.3 Å². The highest BCUT2D eigenvalue weighted by atomic mass is 19.1. The van der Waals surface area contributed by atoms with Crippen LogP contribution in [-0.2, 0) is 5.60 Å². The van der Waals surface area contributed by atoms with Crippen molar-refractivity contribution in [3.63, 3.8) is 0 Å². The maximum absolute atomic E-state index is 13.6. The first-order valence-electron chi connectivity index (χ1n) is 10.5. The summed E-state index contributed by atoms with van der Waals surface area (Å²) in [5.74, 6) is -0.294. The molecule has 3 heteroatoms. The van der Waals surface area contributed by atoms with Gasteiger partial charge < -0.3 is 10.4 Å². The zero-order valence-electron chi connectivity index (χ0n) is 16.8. The van der Waals surface area contributed by atoms with Crippen LogP contribution in [0.1, 0.15) is 55.0 Å². The van der Waals surface area contributed by atoms with Gasteiger partial charge in [0, 0.05) is 24.4 Å². The van der Waals surface area contributed by atoms with Gasteiger partial charge in [-0.15, -0.1) is 0 Å². The Labute approximate surface area is 172 Å². The fourth-order valence-corrected chi connectivity index (χ4v) is 4.81. The van der Waals surface area contributed by atoms with Gasteiger partial charge in [-0.05, 0) is 35.2 Å². The Balaban J connectivity index is 1.82. The number of rotatable bonds is 5. The highest BCUT2D eigenvalue weighted by Gasteiger charge is 2.48. The average molecular weight is 390 g/mol. The van der Waals surface area contributed by atoms with Gasteiger partial charge in [0.15, 0.2) is 0 Å². The van der Waals surface area contributed by atoms with E-state index in [0.29, 0.717) is 6.42 Å². The number of hydrogen-bond donors (Lipinski definition) is 2. The fourth-order valence-electron chi connectivity index (χ4n) is 4.81. The summed E-state index contributed by atoms with van der Waals surface area (Å²) < 4.78 is 13.6. The first kappa shape index (κ1) is 19.8. The average Bonchev–Trinajstić information content (AvgIpc) is 2.77. The molecule has 1 saturated heterocycles. The van der Waals surface area contributed by atoms with Crippen LogP contribution in [0.15, 0.2) is 84.9 Å². The molecule has 3 aromatic rings. The zero-order chi connectivity index (χ0) is 20.3. The lowest BCUT2D eigenvalue weighted by Gasteiger charge is -2.49. The largest absolute Gasteiger partial charge is 0.385 e. The minimum Gasteiger partial charge on any atom is -0.385 e. The number of benzene rings is 3. The molecule has 1 aliphatic heterocycles. The summed E-state index contributed by atoms with van der Waals surface area (Å²) in [6.07, 6.45) is 2.40. The van der Waals surface area contributed by atoms with Crippen LogP contribution in [0.25, 0.3) is 0 Å². The molecule has 0 radical (unpaired) electrons. The number of hydrogen-bond acceptors (Lipinski definition) is 2. The summed E-state index contributed by atoms with van der Waals surface area (Å²) in [7, 11) is 0. The van der Waals surface area contributed by atoms with Crippen LogP contribution in [0.5, 0.6) is 0 Å². The molecule has 0 amide bonds. The molecule has 4 atom stereocenters. The monoisotopic (exact) mass is 389 g/mol. The molecule has 0 bridgehead atoms. The van der Waals surface area contributed by atoms with Crippen LogP contribution in [0, 0.1) is 11.7 Å². The van der Waals surface area contributed by atoms with E-state index < -0.39 is 5.60 Å². The summed E-state index contributed by atoms with van der Waals surface area (Å²) in [6, 6.07) is 27.0. The molecule has 3 aromatic carbocycles. The minimum atomic E-state index is -1.05. The first-order chi connectivity index (χ1) is 14.1. The van der Waals surface area contributed by atoms with E-state index in [-0.39, 0.29) is 23.8 Å². The molecule has 0 spiro atoms. The normalized spacial score (nSPS) is 26.9. The Morgan fingerprint density at radius 1 is 0.897 bits per heavy atom. The third-order valence-electron chi connectivity index (χ3n) is 6.22. The van der Waals surface area contributed by atoms with Crippen molar-refractivity contribution in [2.24, 2.45) is 5.92 Å². The van der Waals surface area contributed by atoms with Crippen LogP contribution in [-0.4, -0.2) is 5.11 Å². The second-order valence-electron chi connectivity index (χ2n) is 8.05. The Bertz CT molecular complexity index is 912. The van der Waals surface area contributed by atoms with Crippen LogP contribution in [0.2, 0.25) is 0 Å². The van der Waals surface area contributed by atoms with E-state index in [0.717, 1.165) is 24.0 Å². The maximum atomic E-state index is 13.6. The number of halogens is 1. The van der Waals surface area contributed by atoms with Crippen LogP contribution >= 0.6 is 0 Å². The van der Waals surface area contributed by atoms with E-state index in [4.69, 9.17) is 0 Å². The van der Waals surface area contributed by atoms with E-state index in [1.807, 2.05) is 36.4 Å². The van der Waals surface area contributed by atoms with E-state index in [2.05, 4.69) is 36.5 Å². The Morgan fingerprint density at radius 3 is 2.07 bits per heavy atom. The van der Waals surface area contributed by atoms with Crippen molar-refractivity contribution in [1.82, 2.24) is 5.32 Å². The molecular weight excluding hydrogens is 361 g/mol. The molecule has 1 aliphatic rings. The third kappa shape index (κ3) is 3.98. The summed E-state index contributed by atoms with van der Waals surface area (Å²) >= 11 is 0. The predicted octanol–water partition coefficient (Wildman–Crippen LogP) is 5.91. The molecule has 4 rings (SSSR count). The van der Waals surface area contributed by atoms with E-state index in [9.17, 15) is 9.50 Å². The minimum absolute atomic E-state index is 0.00423. The van der Waals surface area contributed by atoms with Gasteiger partial charge in [0.25, 0.3) is 0 Å². The molecule has 0 aliphatic carbocycles. The number of piperidine rings is 1. The Kier molecular flexibility index (Phi) is 5.79. The molecule has 29 heavy (non-hydrogen) atoms. The van der Waals surface area contributed by atoms with E-state index in [1.165, 1.54) is 17.7 Å². The molecule has 0 unspecified atom stereocenters. The van der Waals surface area contributed by atoms with Crippen molar-refractivity contribution in [1.29, 1.82) is 0 Å². The van der Waals surface area contributed by atoms with Gasteiger partial charge in [0.05, 0.1) is 5.60 Å². The smallest absolute Gasteiger partial charge is 0.123 e. The van der Waals surface area contributed by atoms with Crippen LogP contribution < -0.4 is 5.32 Å². The summed E-state index contributed by atoms with van der Waals surface area (Å²) in [4.78, 5) is 0. The Hall–Kier alpha value is -2.49. The van der Waals surface area contributed by atoms with Crippen molar-refractivity contribution in [3.8, 4) is 0 Å². The lowest BCUT2D eigenvalue weighted by molar-refractivity contribution is -0.0850. The van der Waals surface area contributed by atoms with Crippen molar-refractivity contribution in [2.45, 2.75) is 43.9 Å². The van der Waals surface area contributed by atoms with Gasteiger partial charge >= 0.3 is 0 Å². The molecule has 2 nitrogen and oxygen atoms in total. The summed E-state index contributed by atoms with van der Waals surface area (Å²) in [6.45, 7) is 2.15. The molecule has 0 aromatic heterocycles. The van der Waals surface area contributed by atoms with Gasteiger partial charge in [0.1, 0.15) is 5.82 Å². The molecule has 150 valence electrons.